The fraction of sp³-hybridized carbons (Fsp3) is 0.667. The first-order valence-electron chi connectivity index (χ1n) is 5.35. The Balaban J connectivity index is 0.00000196. The summed E-state index contributed by atoms with van der Waals surface area (Å²) >= 11 is 1.85. The van der Waals surface area contributed by atoms with Gasteiger partial charge in [0.25, 0.3) is 0 Å². The Morgan fingerprint density at radius 2 is 1.60 bits per heavy atom. The molecule has 1 unspecified atom stereocenters. The number of nitrogens with zero attached hydrogens (tertiary/aromatic N) is 1. The summed E-state index contributed by atoms with van der Waals surface area (Å²) in [5, 5.41) is 2.16. The topological polar surface area (TPSA) is 3.24 Å². The summed E-state index contributed by atoms with van der Waals surface area (Å²) in [6.07, 6.45) is 0. The van der Waals surface area contributed by atoms with E-state index in [4.69, 9.17) is 0 Å². The molecule has 0 spiro atoms. The molecule has 0 radical (unpaired) electrons. The zero-order valence-corrected chi connectivity index (χ0v) is 11.9. The Morgan fingerprint density at radius 1 is 1.07 bits per heavy atom. The molecule has 0 amide bonds. The maximum atomic E-state index is 2.55. The summed E-state index contributed by atoms with van der Waals surface area (Å²) in [5.41, 5.74) is 0. The molecule has 0 aromatic carbocycles. The number of hydrogen-bond donors (Lipinski definition) is 0. The maximum Gasteiger partial charge on any atom is 0.0418 e. The predicted molar refractivity (Wildman–Crippen MR) is 72.1 cm³/mol. The molecule has 0 aliphatic carbocycles. The van der Waals surface area contributed by atoms with E-state index >= 15 is 0 Å². The lowest BCUT2D eigenvalue weighted by molar-refractivity contribution is 0.125. The SMILES string of the molecule is CC(C)N(C(C)C)C(C)c1cccs1.Cl. The lowest BCUT2D eigenvalue weighted by Gasteiger charge is -2.35. The molecule has 1 atom stereocenters. The average Bonchev–Trinajstić information content (AvgIpc) is 2.53. The fourth-order valence-corrected chi connectivity index (χ4v) is 2.96. The van der Waals surface area contributed by atoms with Crippen LogP contribution in [0.25, 0.3) is 0 Å². The van der Waals surface area contributed by atoms with Gasteiger partial charge in [-0.25, -0.2) is 0 Å². The molecule has 0 aliphatic heterocycles. The van der Waals surface area contributed by atoms with Crippen molar-refractivity contribution in [2.75, 3.05) is 0 Å². The number of thiophene rings is 1. The van der Waals surface area contributed by atoms with Crippen LogP contribution < -0.4 is 0 Å². The van der Waals surface area contributed by atoms with Crippen molar-refractivity contribution in [3.8, 4) is 0 Å². The van der Waals surface area contributed by atoms with Gasteiger partial charge >= 0.3 is 0 Å². The fourth-order valence-electron chi connectivity index (χ4n) is 2.17. The van der Waals surface area contributed by atoms with Gasteiger partial charge in [-0.15, -0.1) is 23.7 Å². The minimum Gasteiger partial charge on any atom is -0.291 e. The van der Waals surface area contributed by atoms with E-state index in [1.807, 2.05) is 11.3 Å². The molecule has 1 heterocycles. The summed E-state index contributed by atoms with van der Waals surface area (Å²) < 4.78 is 0. The van der Waals surface area contributed by atoms with Gasteiger partial charge in [0.2, 0.25) is 0 Å². The van der Waals surface area contributed by atoms with Gasteiger partial charge in [-0.3, -0.25) is 4.90 Å². The largest absolute Gasteiger partial charge is 0.291 e. The molecular weight excluding hydrogens is 226 g/mol. The molecule has 0 saturated heterocycles. The molecule has 15 heavy (non-hydrogen) atoms. The zero-order valence-electron chi connectivity index (χ0n) is 10.2. The Hall–Kier alpha value is -0.0500. The van der Waals surface area contributed by atoms with Gasteiger partial charge in [0.1, 0.15) is 0 Å². The van der Waals surface area contributed by atoms with Gasteiger partial charge in [-0.05, 0) is 46.1 Å². The Labute approximate surface area is 104 Å². The lowest BCUT2D eigenvalue weighted by Crippen LogP contribution is -2.38. The van der Waals surface area contributed by atoms with E-state index in [9.17, 15) is 0 Å². The Kier molecular flexibility index (Phi) is 6.49. The third-order valence-electron chi connectivity index (χ3n) is 2.59. The summed E-state index contributed by atoms with van der Waals surface area (Å²) in [7, 11) is 0. The van der Waals surface area contributed by atoms with Gasteiger partial charge in [-0.1, -0.05) is 6.07 Å². The second-order valence-corrected chi connectivity index (χ2v) is 5.31. The van der Waals surface area contributed by atoms with Crippen LogP contribution in [-0.2, 0) is 0 Å². The number of halogens is 1. The van der Waals surface area contributed by atoms with Crippen molar-refractivity contribution < 1.29 is 0 Å². The van der Waals surface area contributed by atoms with Crippen molar-refractivity contribution in [3.63, 3.8) is 0 Å². The maximum absolute atomic E-state index is 2.55. The van der Waals surface area contributed by atoms with Crippen LogP contribution in [0.3, 0.4) is 0 Å². The van der Waals surface area contributed by atoms with Crippen molar-refractivity contribution >= 4 is 23.7 Å². The highest BCUT2D eigenvalue weighted by Crippen LogP contribution is 2.27. The highest BCUT2D eigenvalue weighted by atomic mass is 35.5. The third kappa shape index (κ3) is 3.78. The van der Waals surface area contributed by atoms with Gasteiger partial charge < -0.3 is 0 Å². The van der Waals surface area contributed by atoms with Crippen LogP contribution in [0.15, 0.2) is 17.5 Å². The van der Waals surface area contributed by atoms with Crippen molar-refractivity contribution in [2.45, 2.75) is 52.7 Å². The molecule has 0 saturated carbocycles. The van der Waals surface area contributed by atoms with E-state index in [-0.39, 0.29) is 12.4 Å². The molecule has 88 valence electrons. The van der Waals surface area contributed by atoms with Crippen LogP contribution in [0.2, 0.25) is 0 Å². The van der Waals surface area contributed by atoms with E-state index in [0.29, 0.717) is 18.1 Å². The van der Waals surface area contributed by atoms with Crippen molar-refractivity contribution in [2.24, 2.45) is 0 Å². The van der Waals surface area contributed by atoms with Gasteiger partial charge in [-0.2, -0.15) is 0 Å². The predicted octanol–water partition coefficient (Wildman–Crippen LogP) is 4.35. The summed E-state index contributed by atoms with van der Waals surface area (Å²) in [6, 6.07) is 6.11. The van der Waals surface area contributed by atoms with E-state index in [2.05, 4.69) is 57.0 Å². The molecule has 1 aromatic rings. The summed E-state index contributed by atoms with van der Waals surface area (Å²) in [5.74, 6) is 0. The smallest absolute Gasteiger partial charge is 0.0418 e. The Bertz CT molecular complexity index is 249. The van der Waals surface area contributed by atoms with Crippen LogP contribution in [0.1, 0.15) is 45.5 Å². The molecule has 1 rings (SSSR count). The second kappa shape index (κ2) is 6.51. The van der Waals surface area contributed by atoms with Crippen molar-refractivity contribution in [1.29, 1.82) is 0 Å². The highest BCUT2D eigenvalue weighted by Gasteiger charge is 2.21. The van der Waals surface area contributed by atoms with Gasteiger partial charge in [0.15, 0.2) is 0 Å². The summed E-state index contributed by atoms with van der Waals surface area (Å²) in [6.45, 7) is 11.4. The molecule has 0 N–H and O–H groups in total. The van der Waals surface area contributed by atoms with Crippen LogP contribution >= 0.6 is 23.7 Å². The van der Waals surface area contributed by atoms with Crippen LogP contribution in [0, 0.1) is 0 Å². The normalized spacial score (nSPS) is 13.3. The molecule has 3 heteroatoms. The first kappa shape index (κ1) is 14.9. The van der Waals surface area contributed by atoms with Crippen molar-refractivity contribution in [1.82, 2.24) is 4.90 Å². The first-order valence-corrected chi connectivity index (χ1v) is 6.22. The molecule has 0 aliphatic rings. The quantitative estimate of drug-likeness (QED) is 0.765. The van der Waals surface area contributed by atoms with E-state index in [1.54, 1.807) is 0 Å². The van der Waals surface area contributed by atoms with E-state index in [0.717, 1.165) is 0 Å². The number of rotatable bonds is 4. The monoisotopic (exact) mass is 247 g/mol. The number of hydrogen-bond acceptors (Lipinski definition) is 2. The van der Waals surface area contributed by atoms with Crippen molar-refractivity contribution in [3.05, 3.63) is 22.4 Å². The highest BCUT2D eigenvalue weighted by molar-refractivity contribution is 7.10. The molecule has 0 fully saturated rings. The second-order valence-electron chi connectivity index (χ2n) is 4.33. The molecule has 1 aromatic heterocycles. The van der Waals surface area contributed by atoms with Gasteiger partial charge in [0.05, 0.1) is 0 Å². The van der Waals surface area contributed by atoms with Crippen LogP contribution in [0.4, 0.5) is 0 Å². The van der Waals surface area contributed by atoms with Crippen LogP contribution in [0.5, 0.6) is 0 Å². The standard InChI is InChI=1S/C12H21NS.ClH/c1-9(2)13(10(3)4)11(5)12-7-6-8-14-12;/h6-11H,1-5H3;1H. The molecule has 1 nitrogen and oxygen atoms in total. The third-order valence-corrected chi connectivity index (χ3v) is 3.64. The first-order chi connectivity index (χ1) is 6.54. The zero-order chi connectivity index (χ0) is 10.7. The summed E-state index contributed by atoms with van der Waals surface area (Å²) in [4.78, 5) is 4.01. The lowest BCUT2D eigenvalue weighted by atomic mass is 10.1. The van der Waals surface area contributed by atoms with E-state index < -0.39 is 0 Å². The molecular formula is C12H22ClNS. The average molecular weight is 248 g/mol. The van der Waals surface area contributed by atoms with Gasteiger partial charge in [0, 0.05) is 23.0 Å². The minimum absolute atomic E-state index is 0. The van der Waals surface area contributed by atoms with E-state index in [1.165, 1.54) is 4.88 Å². The molecule has 0 bridgehead atoms. The minimum atomic E-state index is 0. The van der Waals surface area contributed by atoms with Crippen LogP contribution in [-0.4, -0.2) is 17.0 Å². The Morgan fingerprint density at radius 3 is 1.93 bits per heavy atom.